The number of rotatable bonds is 6. The third-order valence-electron chi connectivity index (χ3n) is 3.94. The largest absolute Gasteiger partial charge is 0.394 e. The molecule has 0 aromatic rings. The topological polar surface area (TPSA) is 58.7 Å². The Morgan fingerprint density at radius 1 is 1.47 bits per heavy atom. The molecule has 0 radical (unpaired) electrons. The van der Waals surface area contributed by atoms with E-state index in [1.165, 1.54) is 0 Å². The van der Waals surface area contributed by atoms with Crippen LogP contribution in [-0.4, -0.2) is 54.0 Å². The third kappa shape index (κ3) is 4.21. The predicted molar refractivity (Wildman–Crippen MR) is 70.0 cm³/mol. The fraction of sp³-hybridized carbons (Fsp3) is 1.00. The second kappa shape index (κ2) is 6.14. The van der Waals surface area contributed by atoms with Crippen molar-refractivity contribution in [3.8, 4) is 0 Å². The van der Waals surface area contributed by atoms with E-state index < -0.39 is 5.54 Å². The van der Waals surface area contributed by atoms with Gasteiger partial charge in [0, 0.05) is 17.6 Å². The lowest BCUT2D eigenvalue weighted by atomic mass is 9.92. The molecule has 1 saturated heterocycles. The van der Waals surface area contributed by atoms with Gasteiger partial charge in [0.05, 0.1) is 19.8 Å². The first-order valence-corrected chi connectivity index (χ1v) is 6.66. The summed E-state index contributed by atoms with van der Waals surface area (Å²) in [7, 11) is 0. The molecule has 1 aliphatic heterocycles. The van der Waals surface area contributed by atoms with Crippen molar-refractivity contribution in [2.75, 3.05) is 32.9 Å². The lowest BCUT2D eigenvalue weighted by Gasteiger charge is -2.42. The molecule has 102 valence electrons. The SMILES string of the molecule is CCC(N)(CO)CCCN1CCOCC1(C)C. The minimum absolute atomic E-state index is 0.0794. The van der Waals surface area contributed by atoms with Gasteiger partial charge in [0.25, 0.3) is 0 Å². The van der Waals surface area contributed by atoms with Gasteiger partial charge in [0.2, 0.25) is 0 Å². The fourth-order valence-corrected chi connectivity index (χ4v) is 2.29. The Bertz CT molecular complexity index is 227. The van der Waals surface area contributed by atoms with Crippen LogP contribution in [0.4, 0.5) is 0 Å². The van der Waals surface area contributed by atoms with E-state index in [9.17, 15) is 5.11 Å². The zero-order chi connectivity index (χ0) is 12.9. The van der Waals surface area contributed by atoms with Crippen LogP contribution in [-0.2, 0) is 4.74 Å². The summed E-state index contributed by atoms with van der Waals surface area (Å²) in [5, 5.41) is 9.27. The maximum atomic E-state index is 9.27. The minimum Gasteiger partial charge on any atom is -0.394 e. The second-order valence-electron chi connectivity index (χ2n) is 5.83. The summed E-state index contributed by atoms with van der Waals surface area (Å²) in [5.74, 6) is 0. The van der Waals surface area contributed by atoms with Crippen LogP contribution in [0.1, 0.15) is 40.0 Å². The van der Waals surface area contributed by atoms with Gasteiger partial charge in [-0.2, -0.15) is 0 Å². The van der Waals surface area contributed by atoms with Crippen molar-refractivity contribution in [2.24, 2.45) is 5.73 Å². The Morgan fingerprint density at radius 3 is 2.71 bits per heavy atom. The number of morpholine rings is 1. The zero-order valence-corrected chi connectivity index (χ0v) is 11.5. The lowest BCUT2D eigenvalue weighted by molar-refractivity contribution is -0.0520. The first kappa shape index (κ1) is 14.9. The van der Waals surface area contributed by atoms with E-state index in [1.54, 1.807) is 0 Å². The highest BCUT2D eigenvalue weighted by Crippen LogP contribution is 2.21. The summed E-state index contributed by atoms with van der Waals surface area (Å²) in [4.78, 5) is 2.46. The molecular weight excluding hydrogens is 216 g/mol. The molecular formula is C13H28N2O2. The number of nitrogens with two attached hydrogens (primary N) is 1. The van der Waals surface area contributed by atoms with Gasteiger partial charge in [0.15, 0.2) is 0 Å². The van der Waals surface area contributed by atoms with Gasteiger partial charge < -0.3 is 15.6 Å². The highest BCUT2D eigenvalue weighted by atomic mass is 16.5. The summed E-state index contributed by atoms with van der Waals surface area (Å²) in [6.07, 6.45) is 2.75. The van der Waals surface area contributed by atoms with Crippen LogP contribution in [0, 0.1) is 0 Å². The molecule has 1 heterocycles. The van der Waals surface area contributed by atoms with Crippen LogP contribution in [0.25, 0.3) is 0 Å². The van der Waals surface area contributed by atoms with Crippen LogP contribution < -0.4 is 5.73 Å². The van der Waals surface area contributed by atoms with Gasteiger partial charge in [-0.25, -0.2) is 0 Å². The standard InChI is InChI=1S/C13H28N2O2/c1-4-13(14,10-16)6-5-7-15-8-9-17-11-12(15,2)3/h16H,4-11,14H2,1-3H3. The molecule has 0 spiro atoms. The van der Waals surface area contributed by atoms with Crippen molar-refractivity contribution in [2.45, 2.75) is 51.1 Å². The van der Waals surface area contributed by atoms with E-state index in [4.69, 9.17) is 10.5 Å². The summed E-state index contributed by atoms with van der Waals surface area (Å²) >= 11 is 0. The average molecular weight is 244 g/mol. The predicted octanol–water partition coefficient (Wildman–Crippen LogP) is 0.977. The van der Waals surface area contributed by atoms with Gasteiger partial charge in [-0.15, -0.1) is 0 Å². The molecule has 0 aliphatic carbocycles. The molecule has 0 bridgehead atoms. The Kier molecular flexibility index (Phi) is 5.38. The van der Waals surface area contributed by atoms with E-state index in [1.807, 2.05) is 6.92 Å². The maximum Gasteiger partial charge on any atom is 0.0645 e. The lowest BCUT2D eigenvalue weighted by Crippen LogP contribution is -2.53. The van der Waals surface area contributed by atoms with Crippen molar-refractivity contribution in [1.82, 2.24) is 4.90 Å². The van der Waals surface area contributed by atoms with Crippen molar-refractivity contribution in [3.63, 3.8) is 0 Å². The van der Waals surface area contributed by atoms with Gasteiger partial charge in [-0.05, 0) is 39.7 Å². The molecule has 17 heavy (non-hydrogen) atoms. The van der Waals surface area contributed by atoms with Crippen molar-refractivity contribution in [1.29, 1.82) is 0 Å². The normalized spacial score (nSPS) is 24.5. The summed E-state index contributed by atoms with van der Waals surface area (Å²) < 4.78 is 5.50. The van der Waals surface area contributed by atoms with Crippen LogP contribution in [0.15, 0.2) is 0 Å². The molecule has 0 aromatic heterocycles. The summed E-state index contributed by atoms with van der Waals surface area (Å²) in [5.41, 5.74) is 5.82. The van der Waals surface area contributed by atoms with Gasteiger partial charge in [-0.3, -0.25) is 4.90 Å². The van der Waals surface area contributed by atoms with Crippen molar-refractivity contribution < 1.29 is 9.84 Å². The minimum atomic E-state index is -0.392. The number of nitrogens with zero attached hydrogens (tertiary/aromatic N) is 1. The number of aliphatic hydroxyl groups is 1. The Morgan fingerprint density at radius 2 is 2.18 bits per heavy atom. The summed E-state index contributed by atoms with van der Waals surface area (Å²) in [6.45, 7) is 10.2. The van der Waals surface area contributed by atoms with Gasteiger partial charge >= 0.3 is 0 Å². The molecule has 1 aliphatic rings. The van der Waals surface area contributed by atoms with Crippen molar-refractivity contribution in [3.05, 3.63) is 0 Å². The Balaban J connectivity index is 2.35. The first-order chi connectivity index (χ1) is 7.93. The quantitative estimate of drug-likeness (QED) is 0.731. The van der Waals surface area contributed by atoms with E-state index >= 15 is 0 Å². The Labute approximate surface area is 105 Å². The molecule has 4 nitrogen and oxygen atoms in total. The number of ether oxygens (including phenoxy) is 1. The molecule has 1 rings (SSSR count). The van der Waals surface area contributed by atoms with E-state index in [0.29, 0.717) is 0 Å². The fourth-order valence-electron chi connectivity index (χ4n) is 2.29. The van der Waals surface area contributed by atoms with E-state index in [-0.39, 0.29) is 12.1 Å². The molecule has 1 fully saturated rings. The third-order valence-corrected chi connectivity index (χ3v) is 3.94. The second-order valence-corrected chi connectivity index (χ2v) is 5.83. The van der Waals surface area contributed by atoms with Crippen LogP contribution in [0.3, 0.4) is 0 Å². The molecule has 0 amide bonds. The number of aliphatic hydroxyl groups excluding tert-OH is 1. The van der Waals surface area contributed by atoms with Gasteiger partial charge in [-0.1, -0.05) is 6.92 Å². The molecule has 3 N–H and O–H groups in total. The molecule has 0 aromatic carbocycles. The van der Waals surface area contributed by atoms with Crippen LogP contribution in [0.5, 0.6) is 0 Å². The van der Waals surface area contributed by atoms with Crippen molar-refractivity contribution >= 4 is 0 Å². The highest BCUT2D eigenvalue weighted by Gasteiger charge is 2.30. The smallest absolute Gasteiger partial charge is 0.0645 e. The monoisotopic (exact) mass is 244 g/mol. The van der Waals surface area contributed by atoms with Crippen LogP contribution in [0.2, 0.25) is 0 Å². The van der Waals surface area contributed by atoms with Gasteiger partial charge in [0.1, 0.15) is 0 Å². The number of hydrogen-bond acceptors (Lipinski definition) is 4. The average Bonchev–Trinajstić information content (AvgIpc) is 2.31. The Hall–Kier alpha value is -0.160. The molecule has 1 unspecified atom stereocenters. The molecule has 4 heteroatoms. The zero-order valence-electron chi connectivity index (χ0n) is 11.5. The summed E-state index contributed by atoms with van der Waals surface area (Å²) in [6, 6.07) is 0. The molecule has 1 atom stereocenters. The van der Waals surface area contributed by atoms with E-state index in [2.05, 4.69) is 18.7 Å². The molecule has 0 saturated carbocycles. The van der Waals surface area contributed by atoms with Crippen LogP contribution >= 0.6 is 0 Å². The first-order valence-electron chi connectivity index (χ1n) is 6.66. The van der Waals surface area contributed by atoms with E-state index in [0.717, 1.165) is 45.6 Å². The number of hydrogen-bond donors (Lipinski definition) is 2. The maximum absolute atomic E-state index is 9.27. The highest BCUT2D eigenvalue weighted by molar-refractivity contribution is 4.86.